The van der Waals surface area contributed by atoms with Gasteiger partial charge in [-0.15, -0.1) is 10.2 Å². The SMILES string of the molecule is COc1cccc(C(=O)N[C@@H](C)c2nnc3n2CCN(Cc2ccc(-c4ccccc4C)cc2)CC3)c1. The van der Waals surface area contributed by atoms with Crippen molar-refractivity contribution in [3.8, 4) is 16.9 Å². The number of hydrogen-bond donors (Lipinski definition) is 1. The van der Waals surface area contributed by atoms with Crippen LogP contribution in [-0.4, -0.2) is 45.8 Å². The zero-order valence-electron chi connectivity index (χ0n) is 21.6. The molecule has 1 N–H and O–H groups in total. The van der Waals surface area contributed by atoms with Gasteiger partial charge in [0.05, 0.1) is 13.2 Å². The zero-order chi connectivity index (χ0) is 25.8. The van der Waals surface area contributed by atoms with Crippen LogP contribution in [0, 0.1) is 6.92 Å². The number of rotatable bonds is 7. The number of carbonyl (C=O) groups excluding carboxylic acids is 1. The number of methoxy groups -OCH3 is 1. The van der Waals surface area contributed by atoms with Gasteiger partial charge < -0.3 is 14.6 Å². The first kappa shape index (κ1) is 24.7. The fraction of sp³-hybridized carbons (Fsp3) is 0.300. The van der Waals surface area contributed by atoms with Crippen LogP contribution in [0.2, 0.25) is 0 Å². The van der Waals surface area contributed by atoms with Crippen molar-refractivity contribution in [2.45, 2.75) is 39.4 Å². The number of benzene rings is 3. The van der Waals surface area contributed by atoms with Gasteiger partial charge in [0.25, 0.3) is 5.91 Å². The average molecular weight is 496 g/mol. The quantitative estimate of drug-likeness (QED) is 0.398. The maximum atomic E-state index is 12.8. The van der Waals surface area contributed by atoms with Gasteiger partial charge in [0.1, 0.15) is 11.6 Å². The van der Waals surface area contributed by atoms with Crippen LogP contribution in [0.3, 0.4) is 0 Å². The molecule has 0 fully saturated rings. The molecule has 7 nitrogen and oxygen atoms in total. The molecule has 190 valence electrons. The topological polar surface area (TPSA) is 72.3 Å². The molecule has 1 aliphatic rings. The number of amides is 1. The molecular formula is C30H33N5O2. The van der Waals surface area contributed by atoms with E-state index < -0.39 is 0 Å². The number of fused-ring (bicyclic) bond motifs is 1. The molecule has 37 heavy (non-hydrogen) atoms. The van der Waals surface area contributed by atoms with E-state index >= 15 is 0 Å². The van der Waals surface area contributed by atoms with Gasteiger partial charge in [0, 0.05) is 38.2 Å². The second kappa shape index (κ2) is 11.0. The first-order valence-corrected chi connectivity index (χ1v) is 12.8. The van der Waals surface area contributed by atoms with Gasteiger partial charge in [0.15, 0.2) is 5.82 Å². The molecule has 1 amide bonds. The van der Waals surface area contributed by atoms with E-state index in [1.54, 1.807) is 19.2 Å². The summed E-state index contributed by atoms with van der Waals surface area (Å²) in [5, 5.41) is 11.9. The molecule has 0 aliphatic carbocycles. The Bertz CT molecular complexity index is 1380. The van der Waals surface area contributed by atoms with Crippen molar-refractivity contribution in [2.75, 3.05) is 20.2 Å². The van der Waals surface area contributed by atoms with Crippen molar-refractivity contribution in [1.29, 1.82) is 0 Å². The third-order valence-corrected chi connectivity index (χ3v) is 7.03. The first-order valence-electron chi connectivity index (χ1n) is 12.8. The molecule has 0 bridgehead atoms. The van der Waals surface area contributed by atoms with E-state index in [0.717, 1.165) is 44.2 Å². The number of hydrogen-bond acceptors (Lipinski definition) is 5. The van der Waals surface area contributed by atoms with Gasteiger partial charge in [0.2, 0.25) is 0 Å². The minimum Gasteiger partial charge on any atom is -0.497 e. The Kier molecular flexibility index (Phi) is 7.32. The highest BCUT2D eigenvalue weighted by molar-refractivity contribution is 5.94. The lowest BCUT2D eigenvalue weighted by Gasteiger charge is -2.20. The summed E-state index contributed by atoms with van der Waals surface area (Å²) in [6, 6.07) is 24.3. The number of nitrogens with one attached hydrogen (secondary N) is 1. The summed E-state index contributed by atoms with van der Waals surface area (Å²) < 4.78 is 7.41. The standard InChI is InChI=1S/C30H33N5O2/c1-21-7-4-5-10-27(21)24-13-11-23(12-14-24)20-34-16-15-28-32-33-29(35(28)18-17-34)22(2)31-30(36)25-8-6-9-26(19-25)37-3/h4-14,19,22H,15-18,20H2,1-3H3,(H,31,36)/t22-/m0/s1. The monoisotopic (exact) mass is 495 g/mol. The largest absolute Gasteiger partial charge is 0.497 e. The lowest BCUT2D eigenvalue weighted by atomic mass is 9.99. The molecule has 1 aliphatic heterocycles. The summed E-state index contributed by atoms with van der Waals surface area (Å²) in [6.45, 7) is 7.60. The van der Waals surface area contributed by atoms with Crippen LogP contribution in [0.5, 0.6) is 5.75 Å². The van der Waals surface area contributed by atoms with Crippen LogP contribution in [0.1, 0.15) is 46.1 Å². The number of ether oxygens (including phenoxy) is 1. The average Bonchev–Trinajstić information content (AvgIpc) is 3.23. The van der Waals surface area contributed by atoms with Crippen LogP contribution in [0.15, 0.2) is 72.8 Å². The molecule has 2 heterocycles. The Morgan fingerprint density at radius 3 is 2.59 bits per heavy atom. The van der Waals surface area contributed by atoms with E-state index in [1.807, 2.05) is 19.1 Å². The lowest BCUT2D eigenvalue weighted by molar-refractivity contribution is 0.0937. The molecule has 7 heteroatoms. The fourth-order valence-corrected chi connectivity index (χ4v) is 4.92. The van der Waals surface area contributed by atoms with Crippen molar-refractivity contribution in [3.05, 3.63) is 101 Å². The molecular weight excluding hydrogens is 462 g/mol. The number of carbonyl (C=O) groups is 1. The highest BCUT2D eigenvalue weighted by Crippen LogP contribution is 2.24. The third kappa shape index (κ3) is 5.57. The van der Waals surface area contributed by atoms with Crippen molar-refractivity contribution in [3.63, 3.8) is 0 Å². The van der Waals surface area contributed by atoms with E-state index in [0.29, 0.717) is 11.3 Å². The highest BCUT2D eigenvalue weighted by atomic mass is 16.5. The second-order valence-corrected chi connectivity index (χ2v) is 9.59. The Labute approximate surface area is 218 Å². The summed E-state index contributed by atoms with van der Waals surface area (Å²) >= 11 is 0. The number of aryl methyl sites for hydroxylation is 1. The summed E-state index contributed by atoms with van der Waals surface area (Å²) in [6.07, 6.45) is 0.824. The molecule has 3 aromatic carbocycles. The Morgan fingerprint density at radius 2 is 1.81 bits per heavy atom. The molecule has 0 unspecified atom stereocenters. The lowest BCUT2D eigenvalue weighted by Crippen LogP contribution is -2.30. The van der Waals surface area contributed by atoms with Crippen LogP contribution in [0.25, 0.3) is 11.1 Å². The van der Waals surface area contributed by atoms with Gasteiger partial charge >= 0.3 is 0 Å². The van der Waals surface area contributed by atoms with Gasteiger partial charge in [-0.05, 0) is 54.3 Å². The number of aromatic nitrogens is 3. The smallest absolute Gasteiger partial charge is 0.251 e. The third-order valence-electron chi connectivity index (χ3n) is 7.03. The van der Waals surface area contributed by atoms with Crippen LogP contribution in [-0.2, 0) is 19.5 Å². The van der Waals surface area contributed by atoms with Gasteiger partial charge in [-0.25, -0.2) is 0 Å². The Hall–Kier alpha value is -3.97. The van der Waals surface area contributed by atoms with Crippen molar-refractivity contribution in [2.24, 2.45) is 0 Å². The predicted molar refractivity (Wildman–Crippen MR) is 144 cm³/mol. The first-order chi connectivity index (χ1) is 18.0. The fourth-order valence-electron chi connectivity index (χ4n) is 4.92. The molecule has 1 atom stereocenters. The summed E-state index contributed by atoms with van der Waals surface area (Å²) in [7, 11) is 1.59. The molecule has 5 rings (SSSR count). The predicted octanol–water partition coefficient (Wildman–Crippen LogP) is 4.81. The maximum absolute atomic E-state index is 12.8. The molecule has 0 radical (unpaired) electrons. The van der Waals surface area contributed by atoms with Crippen LogP contribution >= 0.6 is 0 Å². The molecule has 0 saturated carbocycles. The van der Waals surface area contributed by atoms with E-state index in [2.05, 4.69) is 80.4 Å². The van der Waals surface area contributed by atoms with Gasteiger partial charge in [-0.1, -0.05) is 54.6 Å². The van der Waals surface area contributed by atoms with Gasteiger partial charge in [-0.2, -0.15) is 0 Å². The van der Waals surface area contributed by atoms with Gasteiger partial charge in [-0.3, -0.25) is 9.69 Å². The zero-order valence-corrected chi connectivity index (χ0v) is 21.6. The van der Waals surface area contributed by atoms with E-state index in [1.165, 1.54) is 22.3 Å². The van der Waals surface area contributed by atoms with E-state index in [4.69, 9.17) is 4.74 Å². The molecule has 0 spiro atoms. The van der Waals surface area contributed by atoms with E-state index in [-0.39, 0.29) is 11.9 Å². The molecule has 1 aromatic heterocycles. The van der Waals surface area contributed by atoms with Crippen molar-refractivity contribution < 1.29 is 9.53 Å². The Balaban J connectivity index is 1.22. The number of nitrogens with zero attached hydrogens (tertiary/aromatic N) is 4. The van der Waals surface area contributed by atoms with Crippen LogP contribution < -0.4 is 10.1 Å². The minimum atomic E-state index is -0.263. The van der Waals surface area contributed by atoms with E-state index in [9.17, 15) is 4.79 Å². The Morgan fingerprint density at radius 1 is 1.00 bits per heavy atom. The summed E-state index contributed by atoms with van der Waals surface area (Å²) in [5.74, 6) is 2.25. The normalized spacial score (nSPS) is 14.5. The maximum Gasteiger partial charge on any atom is 0.251 e. The van der Waals surface area contributed by atoms with Crippen molar-refractivity contribution in [1.82, 2.24) is 25.0 Å². The molecule has 4 aromatic rings. The van der Waals surface area contributed by atoms with Crippen molar-refractivity contribution >= 4 is 5.91 Å². The van der Waals surface area contributed by atoms with Crippen LogP contribution in [0.4, 0.5) is 0 Å². The summed E-state index contributed by atoms with van der Waals surface area (Å²) in [5.41, 5.74) is 5.67. The summed E-state index contributed by atoms with van der Waals surface area (Å²) in [4.78, 5) is 15.3. The molecule has 0 saturated heterocycles. The second-order valence-electron chi connectivity index (χ2n) is 9.59. The highest BCUT2D eigenvalue weighted by Gasteiger charge is 2.23. The minimum absolute atomic E-state index is 0.159.